The van der Waals surface area contributed by atoms with E-state index in [0.717, 1.165) is 0 Å². The van der Waals surface area contributed by atoms with Gasteiger partial charge in [-0.05, 0) is 0 Å². The molecule has 0 saturated carbocycles. The monoisotopic (exact) mass is 186 g/mol. The SMILES string of the molecule is C=CC(=C)C(=O)OCCOCCO. The van der Waals surface area contributed by atoms with E-state index >= 15 is 0 Å². The summed E-state index contributed by atoms with van der Waals surface area (Å²) in [6.45, 7) is 7.44. The third kappa shape index (κ3) is 6.07. The lowest BCUT2D eigenvalue weighted by atomic mass is 10.3. The average molecular weight is 186 g/mol. The summed E-state index contributed by atoms with van der Waals surface area (Å²) < 4.78 is 9.59. The Balaban J connectivity index is 3.37. The molecule has 0 aliphatic rings. The fourth-order valence-electron chi connectivity index (χ4n) is 0.536. The van der Waals surface area contributed by atoms with Gasteiger partial charge in [-0.25, -0.2) is 4.79 Å². The lowest BCUT2D eigenvalue weighted by Gasteiger charge is -2.04. The Morgan fingerprint density at radius 3 is 2.62 bits per heavy atom. The maximum Gasteiger partial charge on any atom is 0.337 e. The number of rotatable bonds is 7. The van der Waals surface area contributed by atoms with Gasteiger partial charge >= 0.3 is 5.97 Å². The van der Waals surface area contributed by atoms with Gasteiger partial charge in [-0.15, -0.1) is 0 Å². The molecule has 0 bridgehead atoms. The molecule has 4 heteroatoms. The summed E-state index contributed by atoms with van der Waals surface area (Å²) in [5.41, 5.74) is 0.224. The summed E-state index contributed by atoms with van der Waals surface area (Å²) in [4.78, 5) is 10.9. The Morgan fingerprint density at radius 1 is 1.38 bits per heavy atom. The van der Waals surface area contributed by atoms with Crippen LogP contribution < -0.4 is 0 Å². The van der Waals surface area contributed by atoms with E-state index < -0.39 is 5.97 Å². The molecule has 4 nitrogen and oxygen atoms in total. The summed E-state index contributed by atoms with van der Waals surface area (Å²) in [5, 5.41) is 8.34. The van der Waals surface area contributed by atoms with Crippen LogP contribution in [0.5, 0.6) is 0 Å². The van der Waals surface area contributed by atoms with Gasteiger partial charge < -0.3 is 14.6 Å². The van der Waals surface area contributed by atoms with Crippen LogP contribution in [0.15, 0.2) is 24.8 Å². The molecule has 0 aromatic rings. The highest BCUT2D eigenvalue weighted by molar-refractivity contribution is 5.90. The topological polar surface area (TPSA) is 55.8 Å². The zero-order valence-electron chi connectivity index (χ0n) is 7.49. The van der Waals surface area contributed by atoms with Crippen molar-refractivity contribution in [2.75, 3.05) is 26.4 Å². The summed E-state index contributed by atoms with van der Waals surface area (Å²) >= 11 is 0. The minimum atomic E-state index is -0.498. The van der Waals surface area contributed by atoms with E-state index in [1.165, 1.54) is 6.08 Å². The maximum atomic E-state index is 10.9. The van der Waals surface area contributed by atoms with E-state index in [0.29, 0.717) is 0 Å². The molecule has 0 aromatic heterocycles. The molecule has 0 aliphatic heterocycles. The van der Waals surface area contributed by atoms with Crippen molar-refractivity contribution in [1.29, 1.82) is 0 Å². The minimum Gasteiger partial charge on any atom is -0.460 e. The molecule has 0 unspecified atom stereocenters. The normalized spacial score (nSPS) is 9.31. The van der Waals surface area contributed by atoms with Gasteiger partial charge in [-0.1, -0.05) is 19.2 Å². The minimum absolute atomic E-state index is 0.0344. The number of carbonyl (C=O) groups is 1. The second-order valence-corrected chi connectivity index (χ2v) is 2.20. The van der Waals surface area contributed by atoms with Crippen molar-refractivity contribution in [3.63, 3.8) is 0 Å². The number of hydrogen-bond acceptors (Lipinski definition) is 4. The van der Waals surface area contributed by atoms with Crippen molar-refractivity contribution in [3.8, 4) is 0 Å². The predicted octanol–water partition coefficient (Wildman–Crippen LogP) is 0.281. The van der Waals surface area contributed by atoms with Gasteiger partial charge in [0, 0.05) is 0 Å². The van der Waals surface area contributed by atoms with Crippen molar-refractivity contribution < 1.29 is 19.4 Å². The molecule has 0 fully saturated rings. The molecule has 74 valence electrons. The fourth-order valence-corrected chi connectivity index (χ4v) is 0.536. The molecule has 0 radical (unpaired) electrons. The second-order valence-electron chi connectivity index (χ2n) is 2.20. The molecule has 0 saturated heterocycles. The van der Waals surface area contributed by atoms with E-state index in [4.69, 9.17) is 14.6 Å². The Morgan fingerprint density at radius 2 is 2.08 bits per heavy atom. The summed E-state index contributed by atoms with van der Waals surface area (Å²) in [5.74, 6) is -0.498. The molecule has 0 heterocycles. The highest BCUT2D eigenvalue weighted by Crippen LogP contribution is 1.94. The van der Waals surface area contributed by atoms with Crippen LogP contribution in [0.4, 0.5) is 0 Å². The van der Waals surface area contributed by atoms with E-state index in [-0.39, 0.29) is 32.0 Å². The third-order valence-electron chi connectivity index (χ3n) is 1.21. The summed E-state index contributed by atoms with van der Waals surface area (Å²) in [6, 6.07) is 0. The summed E-state index contributed by atoms with van der Waals surface area (Å²) in [7, 11) is 0. The standard InChI is InChI=1S/C9H14O4/c1-3-8(2)9(11)13-7-6-12-5-4-10/h3,10H,1-2,4-7H2. The molecule has 13 heavy (non-hydrogen) atoms. The van der Waals surface area contributed by atoms with Crippen molar-refractivity contribution in [1.82, 2.24) is 0 Å². The summed E-state index contributed by atoms with van der Waals surface area (Å²) in [6.07, 6.45) is 1.33. The van der Waals surface area contributed by atoms with Crippen molar-refractivity contribution in [2.45, 2.75) is 0 Å². The predicted molar refractivity (Wildman–Crippen MR) is 48.2 cm³/mol. The van der Waals surface area contributed by atoms with Crippen LogP contribution in [0.3, 0.4) is 0 Å². The Labute approximate surface area is 77.5 Å². The highest BCUT2D eigenvalue weighted by Gasteiger charge is 2.03. The van der Waals surface area contributed by atoms with Gasteiger partial charge in [0.05, 0.1) is 25.4 Å². The third-order valence-corrected chi connectivity index (χ3v) is 1.21. The van der Waals surface area contributed by atoms with Crippen LogP contribution >= 0.6 is 0 Å². The second kappa shape index (κ2) is 7.52. The quantitative estimate of drug-likeness (QED) is 0.268. The fraction of sp³-hybridized carbons (Fsp3) is 0.444. The molecular weight excluding hydrogens is 172 g/mol. The van der Waals surface area contributed by atoms with Crippen LogP contribution in [-0.4, -0.2) is 37.5 Å². The lowest BCUT2D eigenvalue weighted by molar-refractivity contribution is -0.140. The number of carbonyl (C=O) groups excluding carboxylic acids is 1. The van der Waals surface area contributed by atoms with Gasteiger partial charge in [0.1, 0.15) is 6.61 Å². The van der Waals surface area contributed by atoms with Gasteiger partial charge in [-0.3, -0.25) is 0 Å². The van der Waals surface area contributed by atoms with Crippen LogP contribution in [0.25, 0.3) is 0 Å². The van der Waals surface area contributed by atoms with Gasteiger partial charge in [0.15, 0.2) is 0 Å². The van der Waals surface area contributed by atoms with E-state index in [9.17, 15) is 4.79 Å². The zero-order valence-corrected chi connectivity index (χ0v) is 7.49. The van der Waals surface area contributed by atoms with Crippen molar-refractivity contribution >= 4 is 5.97 Å². The first-order chi connectivity index (χ1) is 6.22. The van der Waals surface area contributed by atoms with Gasteiger partial charge in [0.25, 0.3) is 0 Å². The Hall–Kier alpha value is -1.13. The Kier molecular flexibility index (Phi) is 6.86. The number of ether oxygens (including phenoxy) is 2. The molecule has 0 aliphatic carbocycles. The van der Waals surface area contributed by atoms with Crippen LogP contribution in [0.2, 0.25) is 0 Å². The Bertz CT molecular complexity index is 186. The van der Waals surface area contributed by atoms with E-state index in [1.807, 2.05) is 0 Å². The first-order valence-corrected chi connectivity index (χ1v) is 3.89. The molecule has 0 rings (SSSR count). The van der Waals surface area contributed by atoms with Gasteiger partial charge in [-0.2, -0.15) is 0 Å². The maximum absolute atomic E-state index is 10.9. The molecular formula is C9H14O4. The molecule has 0 spiro atoms. The molecule has 1 N–H and O–H groups in total. The van der Waals surface area contributed by atoms with E-state index in [1.54, 1.807) is 0 Å². The highest BCUT2D eigenvalue weighted by atomic mass is 16.6. The molecule has 0 atom stereocenters. The lowest BCUT2D eigenvalue weighted by Crippen LogP contribution is -2.12. The van der Waals surface area contributed by atoms with Crippen LogP contribution in [0, 0.1) is 0 Å². The van der Waals surface area contributed by atoms with Crippen LogP contribution in [-0.2, 0) is 14.3 Å². The van der Waals surface area contributed by atoms with Crippen molar-refractivity contribution in [2.24, 2.45) is 0 Å². The smallest absolute Gasteiger partial charge is 0.337 e. The number of esters is 1. The first kappa shape index (κ1) is 11.9. The molecule has 0 aromatic carbocycles. The zero-order chi connectivity index (χ0) is 10.1. The van der Waals surface area contributed by atoms with Crippen LogP contribution in [0.1, 0.15) is 0 Å². The number of aliphatic hydroxyl groups is 1. The molecule has 0 amide bonds. The average Bonchev–Trinajstić information content (AvgIpc) is 2.16. The largest absolute Gasteiger partial charge is 0.460 e. The van der Waals surface area contributed by atoms with Crippen molar-refractivity contribution in [3.05, 3.63) is 24.8 Å². The number of aliphatic hydroxyl groups excluding tert-OH is 1. The first-order valence-electron chi connectivity index (χ1n) is 3.89. The number of hydrogen-bond donors (Lipinski definition) is 1. The van der Waals surface area contributed by atoms with Gasteiger partial charge in [0.2, 0.25) is 0 Å². The van der Waals surface area contributed by atoms with E-state index in [2.05, 4.69) is 13.2 Å².